The molecule has 1 saturated carbocycles. The first-order valence-electron chi connectivity index (χ1n) is 13.2. The van der Waals surface area contributed by atoms with E-state index in [4.69, 9.17) is 4.74 Å². The summed E-state index contributed by atoms with van der Waals surface area (Å²) in [5.74, 6) is -0.695. The summed E-state index contributed by atoms with van der Waals surface area (Å²) in [6, 6.07) is 1.73. The van der Waals surface area contributed by atoms with Crippen LogP contribution in [0.2, 0.25) is 0 Å². The molecule has 0 unspecified atom stereocenters. The Labute approximate surface area is 237 Å². The molecule has 41 heavy (non-hydrogen) atoms. The van der Waals surface area contributed by atoms with E-state index in [1.807, 2.05) is 10.8 Å². The number of carbonyl (C=O) groups is 1. The molecule has 0 spiro atoms. The third kappa shape index (κ3) is 5.81. The first-order valence-corrected chi connectivity index (χ1v) is 14.1. The molecule has 2 aliphatic rings. The summed E-state index contributed by atoms with van der Waals surface area (Å²) < 4.78 is 47.7. The van der Waals surface area contributed by atoms with Gasteiger partial charge >= 0.3 is 6.18 Å². The number of amides is 1. The Bertz CT molecular complexity index is 1540. The van der Waals surface area contributed by atoms with Crippen LogP contribution in [0.3, 0.4) is 0 Å². The Kier molecular flexibility index (Phi) is 7.23. The summed E-state index contributed by atoms with van der Waals surface area (Å²) in [5, 5.41) is 12.4. The molecule has 216 valence electrons. The van der Waals surface area contributed by atoms with Gasteiger partial charge in [0.25, 0.3) is 5.91 Å². The molecule has 0 bridgehead atoms. The van der Waals surface area contributed by atoms with Gasteiger partial charge in [-0.15, -0.1) is 21.5 Å². The average Bonchev–Trinajstić information content (AvgIpc) is 3.27. The Balaban J connectivity index is 1.21. The van der Waals surface area contributed by atoms with Gasteiger partial charge in [0.1, 0.15) is 17.8 Å². The monoisotopic (exact) mass is 587 g/mol. The second-order valence-corrected chi connectivity index (χ2v) is 11.4. The number of methoxy groups -OCH3 is 1. The largest absolute Gasteiger partial charge is 0.393 e. The third-order valence-electron chi connectivity index (χ3n) is 7.25. The summed E-state index contributed by atoms with van der Waals surface area (Å²) >= 11 is 1.15. The standard InChI is InChI=1S/C26H28F3N9O2S/c1-15(26(27,28)29)7-38-14-32-35-23(38)25-34-22(12-41-25)33-24(39)18-5-20(37-10-19(31-13-37)17-3-4-17)21(6-30-18)36-8-16(9-36)11-40-2/h5-6,10,12-17H,3-4,7-9,11H2,1-2H3,(H,33,39)/t15-/m1/s1. The zero-order valence-corrected chi connectivity index (χ0v) is 23.2. The Hall–Kier alpha value is -3.85. The van der Waals surface area contributed by atoms with Crippen LogP contribution in [0, 0.1) is 11.8 Å². The van der Waals surface area contributed by atoms with Crippen LogP contribution in [0.1, 0.15) is 41.9 Å². The lowest BCUT2D eigenvalue weighted by Gasteiger charge is -2.41. The fraction of sp³-hybridized carbons (Fsp3) is 0.462. The minimum atomic E-state index is -4.34. The predicted molar refractivity (Wildman–Crippen MR) is 145 cm³/mol. The lowest BCUT2D eigenvalue weighted by molar-refractivity contribution is -0.172. The number of carbonyl (C=O) groups excluding carboxylic acids is 1. The van der Waals surface area contributed by atoms with Gasteiger partial charge in [-0.2, -0.15) is 13.2 Å². The first-order chi connectivity index (χ1) is 19.7. The lowest BCUT2D eigenvalue weighted by atomic mass is 10.00. The van der Waals surface area contributed by atoms with Crippen LogP contribution in [0.4, 0.5) is 24.7 Å². The van der Waals surface area contributed by atoms with Crippen LogP contribution < -0.4 is 10.2 Å². The van der Waals surface area contributed by atoms with E-state index in [1.165, 1.54) is 10.9 Å². The molecule has 11 nitrogen and oxygen atoms in total. The van der Waals surface area contributed by atoms with E-state index in [9.17, 15) is 18.0 Å². The molecule has 5 heterocycles. The number of nitrogens with zero attached hydrogens (tertiary/aromatic N) is 8. The van der Waals surface area contributed by atoms with E-state index >= 15 is 0 Å². The molecule has 4 aromatic rings. The van der Waals surface area contributed by atoms with Crippen LogP contribution in [0.5, 0.6) is 0 Å². The van der Waals surface area contributed by atoms with Crippen LogP contribution >= 0.6 is 11.3 Å². The van der Waals surface area contributed by atoms with Gasteiger partial charge in [-0.3, -0.25) is 4.79 Å². The molecule has 1 atom stereocenters. The zero-order valence-electron chi connectivity index (χ0n) is 22.4. The van der Waals surface area contributed by atoms with E-state index < -0.39 is 18.0 Å². The van der Waals surface area contributed by atoms with Gasteiger partial charge in [-0.25, -0.2) is 15.0 Å². The number of hydrogen-bond acceptors (Lipinski definition) is 9. The number of aromatic nitrogens is 7. The van der Waals surface area contributed by atoms with Gasteiger partial charge in [-0.1, -0.05) is 6.92 Å². The highest BCUT2D eigenvalue weighted by Gasteiger charge is 2.36. The highest BCUT2D eigenvalue weighted by atomic mass is 32.1. The molecule has 6 rings (SSSR count). The van der Waals surface area contributed by atoms with Crippen molar-refractivity contribution in [3.05, 3.63) is 47.9 Å². The molecule has 1 saturated heterocycles. The molecule has 4 aromatic heterocycles. The van der Waals surface area contributed by atoms with Gasteiger partial charge < -0.3 is 24.1 Å². The molecule has 1 aliphatic heterocycles. The van der Waals surface area contributed by atoms with Crippen LogP contribution in [-0.4, -0.2) is 73.2 Å². The number of hydrogen-bond donors (Lipinski definition) is 1. The number of imidazole rings is 1. The SMILES string of the molecule is COCC1CN(c2cnc(C(=O)Nc3csc(-c4nncn4C[C@@H](C)C(F)(F)F)n3)cc2-n2cnc(C3CC3)c2)C1. The van der Waals surface area contributed by atoms with Crippen molar-refractivity contribution in [3.63, 3.8) is 0 Å². The van der Waals surface area contributed by atoms with Crippen LogP contribution in [0.15, 0.2) is 36.5 Å². The molecular weight excluding hydrogens is 559 g/mol. The summed E-state index contributed by atoms with van der Waals surface area (Å²) in [7, 11) is 1.69. The van der Waals surface area contributed by atoms with Crippen molar-refractivity contribution in [2.75, 3.05) is 37.0 Å². The maximum atomic E-state index is 13.2. The Morgan fingerprint density at radius 2 is 2.02 bits per heavy atom. The number of pyridine rings is 1. The first kappa shape index (κ1) is 27.3. The van der Waals surface area contributed by atoms with E-state index in [0.29, 0.717) is 23.5 Å². The highest BCUT2D eigenvalue weighted by Crippen LogP contribution is 2.40. The quantitative estimate of drug-likeness (QED) is 0.291. The van der Waals surface area contributed by atoms with E-state index in [-0.39, 0.29) is 23.9 Å². The van der Waals surface area contributed by atoms with Crippen molar-refractivity contribution < 1.29 is 22.7 Å². The number of anilines is 2. The fourth-order valence-electron chi connectivity index (χ4n) is 4.75. The summed E-state index contributed by atoms with van der Waals surface area (Å²) in [5.41, 5.74) is 2.92. The van der Waals surface area contributed by atoms with Crippen molar-refractivity contribution in [2.24, 2.45) is 11.8 Å². The molecule has 15 heteroatoms. The van der Waals surface area contributed by atoms with Crippen molar-refractivity contribution in [3.8, 4) is 16.5 Å². The number of thiazole rings is 1. The highest BCUT2D eigenvalue weighted by molar-refractivity contribution is 7.13. The summed E-state index contributed by atoms with van der Waals surface area (Å²) in [6.07, 6.45) is 4.63. The lowest BCUT2D eigenvalue weighted by Crippen LogP contribution is -2.49. The van der Waals surface area contributed by atoms with Gasteiger partial charge in [0.05, 0.1) is 42.1 Å². The molecule has 1 amide bonds. The predicted octanol–water partition coefficient (Wildman–Crippen LogP) is 4.39. The third-order valence-corrected chi connectivity index (χ3v) is 8.09. The van der Waals surface area contributed by atoms with Crippen molar-refractivity contribution in [2.45, 2.75) is 38.4 Å². The fourth-order valence-corrected chi connectivity index (χ4v) is 5.50. The summed E-state index contributed by atoms with van der Waals surface area (Å²) in [4.78, 5) is 28.8. The van der Waals surface area contributed by atoms with Crippen LogP contribution in [0.25, 0.3) is 16.5 Å². The smallest absolute Gasteiger partial charge is 0.384 e. The maximum Gasteiger partial charge on any atom is 0.393 e. The summed E-state index contributed by atoms with van der Waals surface area (Å²) in [6.45, 7) is 3.09. The van der Waals surface area contributed by atoms with Gasteiger partial charge in [0, 0.05) is 50.2 Å². The number of halogens is 3. The molecule has 1 aliphatic carbocycles. The van der Waals surface area contributed by atoms with Gasteiger partial charge in [-0.05, 0) is 18.9 Å². The second kappa shape index (κ2) is 10.9. The van der Waals surface area contributed by atoms with Crippen molar-refractivity contribution in [1.82, 2.24) is 34.3 Å². The zero-order chi connectivity index (χ0) is 28.7. The maximum absolute atomic E-state index is 13.2. The number of nitrogens with one attached hydrogen (secondary N) is 1. The molecular formula is C26H28F3N9O2S. The molecule has 0 radical (unpaired) electrons. The normalized spacial score (nSPS) is 16.6. The van der Waals surface area contributed by atoms with E-state index in [1.54, 1.807) is 31.1 Å². The topological polar surface area (TPSA) is 116 Å². The molecule has 0 aromatic carbocycles. The molecule has 2 fully saturated rings. The second-order valence-electron chi connectivity index (χ2n) is 10.5. The van der Waals surface area contributed by atoms with Crippen molar-refractivity contribution in [1.29, 1.82) is 0 Å². The van der Waals surface area contributed by atoms with E-state index in [2.05, 4.69) is 35.4 Å². The number of alkyl halides is 3. The van der Waals surface area contributed by atoms with Gasteiger partial charge in [0.2, 0.25) is 0 Å². The average molecular weight is 588 g/mol. The van der Waals surface area contributed by atoms with Crippen LogP contribution in [-0.2, 0) is 11.3 Å². The number of ether oxygens (including phenoxy) is 1. The Morgan fingerprint density at radius 3 is 2.76 bits per heavy atom. The Morgan fingerprint density at radius 1 is 1.22 bits per heavy atom. The minimum Gasteiger partial charge on any atom is -0.384 e. The number of rotatable bonds is 10. The minimum absolute atomic E-state index is 0.191. The van der Waals surface area contributed by atoms with Gasteiger partial charge in [0.15, 0.2) is 10.8 Å². The van der Waals surface area contributed by atoms with Crippen molar-refractivity contribution >= 4 is 28.7 Å². The molecule has 1 N–H and O–H groups in total. The van der Waals surface area contributed by atoms with E-state index in [0.717, 1.165) is 61.3 Å².